The second-order valence-electron chi connectivity index (χ2n) is 5.26. The second-order valence-corrected chi connectivity index (χ2v) is 6.08. The molecule has 0 aliphatic rings. The zero-order chi connectivity index (χ0) is 19.4. The Morgan fingerprint density at radius 3 is 2.59 bits per heavy atom. The summed E-state index contributed by atoms with van der Waals surface area (Å²) in [6.07, 6.45) is 0. The largest absolute Gasteiger partial charge is 0.493 e. The highest BCUT2D eigenvalue weighted by atomic mass is 35.5. The normalized spacial score (nSPS) is 10.5. The Bertz CT molecular complexity index is 974. The molecule has 0 fully saturated rings. The molecular formula is C18H14Cl2N2O5. The van der Waals surface area contributed by atoms with Crippen LogP contribution in [-0.4, -0.2) is 30.3 Å². The van der Waals surface area contributed by atoms with Crippen molar-refractivity contribution in [2.24, 2.45) is 0 Å². The lowest BCUT2D eigenvalue weighted by molar-refractivity contribution is 0.0429. The lowest BCUT2D eigenvalue weighted by Gasteiger charge is -2.11. The summed E-state index contributed by atoms with van der Waals surface area (Å²) < 4.78 is 20.6. The summed E-state index contributed by atoms with van der Waals surface area (Å²) in [7, 11) is 2.89. The highest BCUT2D eigenvalue weighted by Crippen LogP contribution is 2.36. The SMILES string of the molecule is COc1cc(C(=O)OCc2nc(-c3ccccc3Cl)no2)cc(Cl)c1OC. The summed E-state index contributed by atoms with van der Waals surface area (Å²) in [5.41, 5.74) is 0.815. The maximum Gasteiger partial charge on any atom is 0.338 e. The quantitative estimate of drug-likeness (QED) is 0.558. The minimum absolute atomic E-state index is 0.129. The van der Waals surface area contributed by atoms with Crippen molar-refractivity contribution in [2.75, 3.05) is 14.2 Å². The number of halogens is 2. The Labute approximate surface area is 164 Å². The van der Waals surface area contributed by atoms with E-state index >= 15 is 0 Å². The first-order valence-electron chi connectivity index (χ1n) is 7.69. The van der Waals surface area contributed by atoms with Crippen molar-refractivity contribution in [3.05, 3.63) is 57.9 Å². The lowest BCUT2D eigenvalue weighted by Crippen LogP contribution is -2.06. The first kappa shape index (κ1) is 19.0. The number of nitrogens with zero attached hydrogens (tertiary/aromatic N) is 2. The van der Waals surface area contributed by atoms with Gasteiger partial charge in [0.2, 0.25) is 5.82 Å². The molecule has 3 rings (SSSR count). The maximum absolute atomic E-state index is 12.3. The van der Waals surface area contributed by atoms with Crippen LogP contribution in [0, 0.1) is 0 Å². The molecule has 0 unspecified atom stereocenters. The van der Waals surface area contributed by atoms with Crippen LogP contribution in [0.2, 0.25) is 10.0 Å². The monoisotopic (exact) mass is 408 g/mol. The van der Waals surface area contributed by atoms with Crippen LogP contribution in [-0.2, 0) is 11.3 Å². The second kappa shape index (κ2) is 8.28. The van der Waals surface area contributed by atoms with Gasteiger partial charge in [0, 0.05) is 5.56 Å². The van der Waals surface area contributed by atoms with Crippen LogP contribution in [0.4, 0.5) is 0 Å². The van der Waals surface area contributed by atoms with Crippen molar-refractivity contribution >= 4 is 29.2 Å². The third kappa shape index (κ3) is 4.15. The Kier molecular flexibility index (Phi) is 5.83. The molecule has 2 aromatic carbocycles. The molecule has 3 aromatic rings. The van der Waals surface area contributed by atoms with Crippen LogP contribution in [0.1, 0.15) is 16.2 Å². The first-order valence-corrected chi connectivity index (χ1v) is 8.45. The van der Waals surface area contributed by atoms with E-state index in [4.69, 9.17) is 41.9 Å². The van der Waals surface area contributed by atoms with Gasteiger partial charge in [-0.2, -0.15) is 4.98 Å². The molecule has 0 radical (unpaired) electrons. The van der Waals surface area contributed by atoms with Crippen LogP contribution < -0.4 is 9.47 Å². The molecule has 0 atom stereocenters. The Morgan fingerprint density at radius 1 is 1.11 bits per heavy atom. The number of aromatic nitrogens is 2. The molecule has 1 heterocycles. The van der Waals surface area contributed by atoms with Crippen LogP contribution in [0.3, 0.4) is 0 Å². The van der Waals surface area contributed by atoms with Gasteiger partial charge in [0.15, 0.2) is 18.1 Å². The number of rotatable bonds is 6. The zero-order valence-electron chi connectivity index (χ0n) is 14.4. The number of ether oxygens (including phenoxy) is 3. The van der Waals surface area contributed by atoms with E-state index in [1.807, 2.05) is 0 Å². The van der Waals surface area contributed by atoms with E-state index in [2.05, 4.69) is 10.1 Å². The summed E-state index contributed by atoms with van der Waals surface area (Å²) in [6, 6.07) is 9.97. The molecule has 0 bridgehead atoms. The summed E-state index contributed by atoms with van der Waals surface area (Å²) in [5.74, 6) is 0.453. The van der Waals surface area contributed by atoms with Gasteiger partial charge in [-0.05, 0) is 24.3 Å². The molecular weight excluding hydrogens is 395 g/mol. The van der Waals surface area contributed by atoms with Crippen molar-refractivity contribution in [3.8, 4) is 22.9 Å². The van der Waals surface area contributed by atoms with Crippen LogP contribution in [0.5, 0.6) is 11.5 Å². The number of esters is 1. The minimum Gasteiger partial charge on any atom is -0.493 e. The summed E-state index contributed by atoms with van der Waals surface area (Å²) in [4.78, 5) is 16.5. The Morgan fingerprint density at radius 2 is 1.89 bits per heavy atom. The number of carbonyl (C=O) groups excluding carboxylic acids is 1. The molecule has 0 amide bonds. The fourth-order valence-corrected chi connectivity index (χ4v) is 2.82. The average molecular weight is 409 g/mol. The maximum atomic E-state index is 12.3. The van der Waals surface area contributed by atoms with E-state index in [1.165, 1.54) is 26.4 Å². The third-order valence-corrected chi connectivity index (χ3v) is 4.19. The van der Waals surface area contributed by atoms with E-state index in [1.54, 1.807) is 24.3 Å². The van der Waals surface area contributed by atoms with Gasteiger partial charge in [-0.3, -0.25) is 0 Å². The van der Waals surface area contributed by atoms with E-state index in [9.17, 15) is 4.79 Å². The zero-order valence-corrected chi connectivity index (χ0v) is 15.9. The fourth-order valence-electron chi connectivity index (χ4n) is 2.31. The van der Waals surface area contributed by atoms with Gasteiger partial charge in [-0.1, -0.05) is 40.5 Å². The Balaban J connectivity index is 1.72. The average Bonchev–Trinajstić information content (AvgIpc) is 3.14. The summed E-state index contributed by atoms with van der Waals surface area (Å²) in [5, 5.41) is 4.56. The van der Waals surface area contributed by atoms with Crippen LogP contribution in [0.15, 0.2) is 40.9 Å². The van der Waals surface area contributed by atoms with Gasteiger partial charge >= 0.3 is 5.97 Å². The van der Waals surface area contributed by atoms with Gasteiger partial charge < -0.3 is 18.7 Å². The molecule has 9 heteroatoms. The van der Waals surface area contributed by atoms with Crippen LogP contribution >= 0.6 is 23.2 Å². The van der Waals surface area contributed by atoms with E-state index in [-0.39, 0.29) is 23.1 Å². The van der Waals surface area contributed by atoms with E-state index < -0.39 is 5.97 Å². The summed E-state index contributed by atoms with van der Waals surface area (Å²) >= 11 is 12.2. The van der Waals surface area contributed by atoms with Gasteiger partial charge in [0.25, 0.3) is 5.89 Å². The standard InChI is InChI=1S/C18H14Cl2N2O5/c1-24-14-8-10(7-13(20)16(14)25-2)18(23)26-9-15-21-17(22-27-15)11-5-3-4-6-12(11)19/h3-8H,9H2,1-2H3. The number of hydrogen-bond acceptors (Lipinski definition) is 7. The molecule has 0 N–H and O–H groups in total. The summed E-state index contributed by atoms with van der Waals surface area (Å²) in [6.45, 7) is -0.206. The van der Waals surface area contributed by atoms with Crippen molar-refractivity contribution in [1.29, 1.82) is 0 Å². The van der Waals surface area contributed by atoms with Crippen molar-refractivity contribution in [1.82, 2.24) is 10.1 Å². The first-order chi connectivity index (χ1) is 13.0. The van der Waals surface area contributed by atoms with E-state index in [0.29, 0.717) is 27.9 Å². The molecule has 1 aromatic heterocycles. The lowest BCUT2D eigenvalue weighted by atomic mass is 10.2. The highest BCUT2D eigenvalue weighted by Gasteiger charge is 2.18. The van der Waals surface area contributed by atoms with E-state index in [0.717, 1.165) is 0 Å². The number of benzene rings is 2. The van der Waals surface area contributed by atoms with Crippen molar-refractivity contribution in [3.63, 3.8) is 0 Å². The number of carbonyl (C=O) groups is 1. The molecule has 0 spiro atoms. The smallest absolute Gasteiger partial charge is 0.338 e. The molecule has 7 nitrogen and oxygen atoms in total. The molecule has 27 heavy (non-hydrogen) atoms. The predicted octanol–water partition coefficient (Wildman–Crippen LogP) is 4.42. The molecule has 0 aliphatic heterocycles. The third-order valence-electron chi connectivity index (χ3n) is 3.58. The molecule has 0 saturated carbocycles. The predicted molar refractivity (Wildman–Crippen MR) is 98.4 cm³/mol. The number of hydrogen-bond donors (Lipinski definition) is 0. The minimum atomic E-state index is -0.629. The van der Waals surface area contributed by atoms with Gasteiger partial charge in [-0.25, -0.2) is 4.79 Å². The number of methoxy groups -OCH3 is 2. The Hall–Kier alpha value is -2.77. The van der Waals surface area contributed by atoms with Gasteiger partial charge in [-0.15, -0.1) is 0 Å². The van der Waals surface area contributed by atoms with Gasteiger partial charge in [0.1, 0.15) is 0 Å². The van der Waals surface area contributed by atoms with Gasteiger partial charge in [0.05, 0.1) is 29.8 Å². The fraction of sp³-hybridized carbons (Fsp3) is 0.167. The van der Waals surface area contributed by atoms with Crippen molar-refractivity contribution in [2.45, 2.75) is 6.61 Å². The highest BCUT2D eigenvalue weighted by molar-refractivity contribution is 6.33. The van der Waals surface area contributed by atoms with Crippen molar-refractivity contribution < 1.29 is 23.5 Å². The molecule has 0 aliphatic carbocycles. The topological polar surface area (TPSA) is 83.7 Å². The molecule has 0 saturated heterocycles. The van der Waals surface area contributed by atoms with Crippen LogP contribution in [0.25, 0.3) is 11.4 Å². The molecule has 140 valence electrons.